The summed E-state index contributed by atoms with van der Waals surface area (Å²) < 4.78 is 60.9. The van der Waals surface area contributed by atoms with Crippen LogP contribution in [0.15, 0.2) is 23.3 Å². The van der Waals surface area contributed by atoms with Gasteiger partial charge in [-0.3, -0.25) is 4.79 Å². The average molecular weight is 883 g/mol. The second-order valence-electron chi connectivity index (χ2n) is 18.8. The van der Waals surface area contributed by atoms with E-state index in [1.54, 1.807) is 41.1 Å². The molecule has 5 N–H and O–H groups in total. The molecule has 0 aromatic heterocycles. The van der Waals surface area contributed by atoms with Gasteiger partial charge in [0.1, 0.15) is 53.6 Å². The van der Waals surface area contributed by atoms with Crippen LogP contribution in [0.3, 0.4) is 0 Å². The van der Waals surface area contributed by atoms with Crippen molar-refractivity contribution in [3.63, 3.8) is 0 Å². The predicted molar refractivity (Wildman–Crippen MR) is 217 cm³/mol. The van der Waals surface area contributed by atoms with Crippen LogP contribution in [0.5, 0.6) is 0 Å². The number of hydrogen-bond acceptors (Lipinski definition) is 17. The fraction of sp³-hybridized carbons (Fsp3) is 0.867. The van der Waals surface area contributed by atoms with Crippen molar-refractivity contribution >= 4 is 11.8 Å². The quantitative estimate of drug-likeness (QED) is 0.108. The third-order valence-electron chi connectivity index (χ3n) is 15.5. The lowest BCUT2D eigenvalue weighted by atomic mass is 9.50. The van der Waals surface area contributed by atoms with Crippen LogP contribution in [0.2, 0.25) is 0 Å². The van der Waals surface area contributed by atoms with E-state index in [2.05, 4.69) is 0 Å². The number of ether oxygens (including phenoxy) is 10. The van der Waals surface area contributed by atoms with Gasteiger partial charge >= 0.3 is 5.97 Å². The zero-order valence-corrected chi connectivity index (χ0v) is 37.5. The molecule has 7 aliphatic rings. The van der Waals surface area contributed by atoms with Gasteiger partial charge < -0.3 is 72.9 Å². The Kier molecular flexibility index (Phi) is 14.5. The third kappa shape index (κ3) is 8.39. The van der Waals surface area contributed by atoms with Crippen molar-refractivity contribution in [1.29, 1.82) is 0 Å². The SMILES string of the molecule is C/C=C(\C)C(=O)O[C@@H]1CC2C(CC=C3C[C@@H](OC4CC(OC)C(OC5CC(OC)C(OC6OC(C)C(O)C(OC)C6O)C(C)O5)C(C)O4)CC[C@@]32O)[C@@]2(O)CC[C@H](C(C)=O)[C@@]12O. The summed E-state index contributed by atoms with van der Waals surface area (Å²) in [5.41, 5.74) is -3.97. The molecule has 0 radical (unpaired) electrons. The van der Waals surface area contributed by atoms with Gasteiger partial charge in [0.2, 0.25) is 0 Å². The van der Waals surface area contributed by atoms with Crippen LogP contribution >= 0.6 is 0 Å². The minimum absolute atomic E-state index is 0.0922. The first-order chi connectivity index (χ1) is 29.3. The highest BCUT2D eigenvalue weighted by Gasteiger charge is 2.74. The van der Waals surface area contributed by atoms with E-state index in [0.29, 0.717) is 44.1 Å². The molecule has 6 fully saturated rings. The molecular weight excluding hydrogens is 812 g/mol. The van der Waals surface area contributed by atoms with E-state index in [0.717, 1.165) is 5.57 Å². The summed E-state index contributed by atoms with van der Waals surface area (Å²) in [6, 6.07) is 0. The maximum Gasteiger partial charge on any atom is 0.333 e. The number of esters is 1. The van der Waals surface area contributed by atoms with Crippen molar-refractivity contribution in [2.24, 2.45) is 17.8 Å². The number of methoxy groups -OCH3 is 3. The standard InChI is InChI=1S/C45H70O17/c1-10-21(2)41(49)60-33-18-30-29(44(51)16-14-28(22(3)46)45(33,44)52)12-11-26-17-27(13-15-43(26,30)50)59-34-19-31(53-7)38(24(5)56-34)61-35-20-32(54-8)39(25(6)57-35)62-42-37(48)40(55-9)36(47)23(4)58-42/h10-11,23-25,27-40,42,47-48,50-52H,12-20H2,1-9H3/b21-10+/t23?,24?,25?,27-,28+,29?,30?,31?,32?,33+,34?,35?,36?,37?,38?,39?,40?,42?,43+,44-,45+/m0/s1. The number of Topliss-reactive ketones (excluding diaryl/α,β-unsaturated/α-hetero) is 1. The van der Waals surface area contributed by atoms with Crippen molar-refractivity contribution < 1.29 is 82.5 Å². The summed E-state index contributed by atoms with van der Waals surface area (Å²) in [5.74, 6) is -2.91. The molecule has 15 unspecified atom stereocenters. The Bertz CT molecular complexity index is 1670. The van der Waals surface area contributed by atoms with E-state index in [1.165, 1.54) is 14.0 Å². The van der Waals surface area contributed by atoms with Gasteiger partial charge in [-0.15, -0.1) is 0 Å². The van der Waals surface area contributed by atoms with E-state index >= 15 is 0 Å². The molecule has 0 bridgehead atoms. The van der Waals surface area contributed by atoms with Crippen molar-refractivity contribution in [2.75, 3.05) is 21.3 Å². The summed E-state index contributed by atoms with van der Waals surface area (Å²) in [7, 11) is 4.59. The highest BCUT2D eigenvalue weighted by atomic mass is 16.8. The van der Waals surface area contributed by atoms with E-state index in [1.807, 2.05) is 19.9 Å². The fourth-order valence-electron chi connectivity index (χ4n) is 12.0. The Hall–Kier alpha value is -1.94. The lowest BCUT2D eigenvalue weighted by Gasteiger charge is -2.61. The zero-order valence-electron chi connectivity index (χ0n) is 37.5. The minimum Gasteiger partial charge on any atom is -0.456 e. The largest absolute Gasteiger partial charge is 0.456 e. The predicted octanol–water partition coefficient (Wildman–Crippen LogP) is 2.14. The van der Waals surface area contributed by atoms with Gasteiger partial charge in [-0.2, -0.15) is 0 Å². The van der Waals surface area contributed by atoms with Gasteiger partial charge in [-0.05, 0) is 92.1 Å². The molecular formula is C45H70O17. The second kappa shape index (κ2) is 18.7. The van der Waals surface area contributed by atoms with Gasteiger partial charge in [0.15, 0.2) is 18.9 Å². The van der Waals surface area contributed by atoms with E-state index < -0.39 is 127 Å². The summed E-state index contributed by atoms with van der Waals surface area (Å²) in [6.45, 7) is 10.1. The van der Waals surface area contributed by atoms with E-state index in [9.17, 15) is 35.1 Å². The molecule has 0 aromatic rings. The van der Waals surface area contributed by atoms with Gasteiger partial charge in [-0.25, -0.2) is 4.79 Å². The lowest BCUT2D eigenvalue weighted by molar-refractivity contribution is -0.352. The van der Waals surface area contributed by atoms with Gasteiger partial charge in [0.05, 0.1) is 48.1 Å². The van der Waals surface area contributed by atoms with Crippen LogP contribution in [-0.4, -0.2) is 168 Å². The Balaban J connectivity index is 0.980. The fourth-order valence-corrected chi connectivity index (χ4v) is 12.0. The lowest BCUT2D eigenvalue weighted by Crippen LogP contribution is -2.73. The van der Waals surface area contributed by atoms with E-state index in [4.69, 9.17) is 47.4 Å². The molecule has 3 saturated carbocycles. The van der Waals surface area contributed by atoms with Crippen molar-refractivity contribution in [3.05, 3.63) is 23.3 Å². The van der Waals surface area contributed by atoms with Crippen LogP contribution in [0.25, 0.3) is 0 Å². The summed E-state index contributed by atoms with van der Waals surface area (Å²) in [5, 5.41) is 58.6. The Labute approximate surface area is 364 Å². The Morgan fingerprint density at radius 1 is 0.758 bits per heavy atom. The normalized spacial score (nSPS) is 49.6. The minimum atomic E-state index is -1.99. The third-order valence-corrected chi connectivity index (χ3v) is 15.5. The summed E-state index contributed by atoms with van der Waals surface area (Å²) in [6.07, 6.45) is -4.48. The van der Waals surface area contributed by atoms with Crippen LogP contribution in [-0.2, 0) is 57.0 Å². The number of hydrogen-bond donors (Lipinski definition) is 5. The molecule has 3 aliphatic heterocycles. The Morgan fingerprint density at radius 3 is 1.98 bits per heavy atom. The molecule has 21 atom stereocenters. The first-order valence-electron chi connectivity index (χ1n) is 22.4. The van der Waals surface area contributed by atoms with Gasteiger partial charge in [0, 0.05) is 51.6 Å². The Morgan fingerprint density at radius 2 is 1.39 bits per heavy atom. The topological polar surface area (TPSA) is 228 Å². The molecule has 3 saturated heterocycles. The van der Waals surface area contributed by atoms with Crippen molar-refractivity contribution in [1.82, 2.24) is 0 Å². The number of carbonyl (C=O) groups excluding carboxylic acids is 2. The molecule has 0 aromatic carbocycles. The van der Waals surface area contributed by atoms with Crippen LogP contribution in [0.4, 0.5) is 0 Å². The molecule has 0 amide bonds. The molecule has 4 aliphatic carbocycles. The van der Waals surface area contributed by atoms with Crippen LogP contribution in [0, 0.1) is 17.8 Å². The maximum atomic E-state index is 13.1. The number of ketones is 1. The van der Waals surface area contributed by atoms with Crippen molar-refractivity contribution in [2.45, 2.75) is 208 Å². The van der Waals surface area contributed by atoms with Gasteiger partial charge in [0.25, 0.3) is 0 Å². The first kappa shape index (κ1) is 48.0. The number of aliphatic hydroxyl groups excluding tert-OH is 2. The van der Waals surface area contributed by atoms with Gasteiger partial charge in [-0.1, -0.05) is 12.2 Å². The maximum absolute atomic E-state index is 13.1. The molecule has 62 heavy (non-hydrogen) atoms. The molecule has 352 valence electrons. The first-order valence-corrected chi connectivity index (χ1v) is 22.4. The van der Waals surface area contributed by atoms with Crippen LogP contribution in [0.1, 0.15) is 99.3 Å². The molecule has 17 nitrogen and oxygen atoms in total. The number of rotatable bonds is 12. The van der Waals surface area contributed by atoms with E-state index in [-0.39, 0.29) is 31.1 Å². The zero-order chi connectivity index (χ0) is 45.1. The molecule has 17 heteroatoms. The average Bonchev–Trinajstić information content (AvgIpc) is 3.53. The second-order valence-corrected chi connectivity index (χ2v) is 18.8. The number of carbonyl (C=O) groups is 2. The molecule has 0 spiro atoms. The summed E-state index contributed by atoms with van der Waals surface area (Å²) >= 11 is 0. The molecule has 7 rings (SSSR count). The number of fused-ring (bicyclic) bond motifs is 5. The van der Waals surface area contributed by atoms with Crippen LogP contribution < -0.4 is 0 Å². The smallest absolute Gasteiger partial charge is 0.333 e. The van der Waals surface area contributed by atoms with Crippen molar-refractivity contribution in [3.8, 4) is 0 Å². The molecule has 3 heterocycles. The number of allylic oxidation sites excluding steroid dienone is 2. The highest BCUT2D eigenvalue weighted by Crippen LogP contribution is 2.63. The summed E-state index contributed by atoms with van der Waals surface area (Å²) in [4.78, 5) is 26.0. The monoisotopic (exact) mass is 882 g/mol. The highest BCUT2D eigenvalue weighted by molar-refractivity contribution is 5.88. The number of aliphatic hydroxyl groups is 5.